The standard InChI is InChI=1S/C12H26O5S/c1-2-12(8-14,9-15)10-17-4-3-5-18-7-11(16)6-13/h11,13-16H,2-10H2,1H3. The molecule has 0 amide bonds. The van der Waals surface area contributed by atoms with Gasteiger partial charge in [-0.15, -0.1) is 0 Å². The third-order valence-corrected chi connectivity index (χ3v) is 4.13. The van der Waals surface area contributed by atoms with Crippen LogP contribution in [0.3, 0.4) is 0 Å². The van der Waals surface area contributed by atoms with Crippen molar-refractivity contribution < 1.29 is 25.2 Å². The highest BCUT2D eigenvalue weighted by atomic mass is 32.2. The lowest BCUT2D eigenvalue weighted by molar-refractivity contribution is -0.0295. The van der Waals surface area contributed by atoms with Crippen LogP contribution in [0.1, 0.15) is 19.8 Å². The smallest absolute Gasteiger partial charge is 0.0861 e. The van der Waals surface area contributed by atoms with E-state index in [2.05, 4.69) is 0 Å². The van der Waals surface area contributed by atoms with Gasteiger partial charge in [0.1, 0.15) is 0 Å². The van der Waals surface area contributed by atoms with Gasteiger partial charge in [-0.1, -0.05) is 6.92 Å². The first kappa shape index (κ1) is 18.1. The van der Waals surface area contributed by atoms with Gasteiger partial charge in [0.25, 0.3) is 0 Å². The maximum atomic E-state index is 9.21. The molecule has 110 valence electrons. The van der Waals surface area contributed by atoms with Gasteiger partial charge in [0.2, 0.25) is 0 Å². The first-order chi connectivity index (χ1) is 8.64. The molecule has 0 bridgehead atoms. The Hall–Kier alpha value is 0.150. The van der Waals surface area contributed by atoms with E-state index in [1.807, 2.05) is 6.92 Å². The highest BCUT2D eigenvalue weighted by Crippen LogP contribution is 2.20. The lowest BCUT2D eigenvalue weighted by Gasteiger charge is -2.27. The second-order valence-electron chi connectivity index (χ2n) is 4.49. The van der Waals surface area contributed by atoms with Crippen molar-refractivity contribution in [2.45, 2.75) is 25.9 Å². The summed E-state index contributed by atoms with van der Waals surface area (Å²) >= 11 is 1.57. The van der Waals surface area contributed by atoms with Crippen molar-refractivity contribution in [1.29, 1.82) is 0 Å². The SMILES string of the molecule is CCC(CO)(CO)COCCCSCC(O)CO. The molecule has 0 spiro atoms. The number of hydrogen-bond donors (Lipinski definition) is 4. The molecule has 0 aliphatic carbocycles. The lowest BCUT2D eigenvalue weighted by atomic mass is 9.88. The molecular weight excluding hydrogens is 256 g/mol. The minimum atomic E-state index is -0.646. The molecule has 1 atom stereocenters. The molecule has 6 heteroatoms. The number of thioether (sulfide) groups is 1. The summed E-state index contributed by atoms with van der Waals surface area (Å²) in [6.07, 6.45) is 0.879. The van der Waals surface area contributed by atoms with Crippen LogP contribution < -0.4 is 0 Å². The first-order valence-corrected chi connectivity index (χ1v) is 7.45. The molecule has 0 aromatic carbocycles. The van der Waals surface area contributed by atoms with Gasteiger partial charge in [-0.25, -0.2) is 0 Å². The van der Waals surface area contributed by atoms with E-state index in [9.17, 15) is 10.2 Å². The van der Waals surface area contributed by atoms with Crippen molar-refractivity contribution in [1.82, 2.24) is 0 Å². The Morgan fingerprint density at radius 2 is 1.89 bits per heavy atom. The van der Waals surface area contributed by atoms with Crippen molar-refractivity contribution in [3.05, 3.63) is 0 Å². The van der Waals surface area contributed by atoms with E-state index in [0.717, 1.165) is 12.2 Å². The second kappa shape index (κ2) is 11.0. The third kappa shape index (κ3) is 7.56. The summed E-state index contributed by atoms with van der Waals surface area (Å²) in [6.45, 7) is 2.51. The molecule has 0 aliphatic rings. The fraction of sp³-hybridized carbons (Fsp3) is 1.00. The number of aliphatic hydroxyl groups excluding tert-OH is 4. The van der Waals surface area contributed by atoms with Crippen LogP contribution in [0.2, 0.25) is 0 Å². The fourth-order valence-electron chi connectivity index (χ4n) is 1.29. The van der Waals surface area contributed by atoms with Crippen molar-refractivity contribution in [2.75, 3.05) is 44.5 Å². The van der Waals surface area contributed by atoms with Crippen LogP contribution >= 0.6 is 11.8 Å². The molecule has 0 saturated heterocycles. The van der Waals surface area contributed by atoms with Gasteiger partial charge >= 0.3 is 0 Å². The zero-order chi connectivity index (χ0) is 13.9. The largest absolute Gasteiger partial charge is 0.396 e. The number of ether oxygens (including phenoxy) is 1. The van der Waals surface area contributed by atoms with Gasteiger partial charge in [0.05, 0.1) is 32.5 Å². The van der Waals surface area contributed by atoms with Crippen molar-refractivity contribution in [3.8, 4) is 0 Å². The van der Waals surface area contributed by atoms with Crippen molar-refractivity contribution in [3.63, 3.8) is 0 Å². The van der Waals surface area contributed by atoms with Crippen LogP contribution in [0.4, 0.5) is 0 Å². The maximum Gasteiger partial charge on any atom is 0.0861 e. The van der Waals surface area contributed by atoms with E-state index in [-0.39, 0.29) is 19.8 Å². The maximum absolute atomic E-state index is 9.21. The van der Waals surface area contributed by atoms with E-state index >= 15 is 0 Å². The Morgan fingerprint density at radius 3 is 2.39 bits per heavy atom. The predicted molar refractivity (Wildman–Crippen MR) is 72.7 cm³/mol. The molecule has 1 unspecified atom stereocenters. The Kier molecular flexibility index (Phi) is 11.1. The molecule has 0 aliphatic heterocycles. The first-order valence-electron chi connectivity index (χ1n) is 6.30. The zero-order valence-electron chi connectivity index (χ0n) is 11.0. The Labute approximate surface area is 113 Å². The molecule has 0 aromatic rings. The van der Waals surface area contributed by atoms with Crippen LogP contribution in [-0.4, -0.2) is 71.1 Å². The van der Waals surface area contributed by atoms with Crippen LogP contribution in [0.5, 0.6) is 0 Å². The molecule has 5 nitrogen and oxygen atoms in total. The fourth-order valence-corrected chi connectivity index (χ4v) is 2.16. The van der Waals surface area contributed by atoms with Gasteiger partial charge in [0, 0.05) is 17.8 Å². The molecular formula is C12H26O5S. The second-order valence-corrected chi connectivity index (χ2v) is 5.64. The highest BCUT2D eigenvalue weighted by molar-refractivity contribution is 7.99. The van der Waals surface area contributed by atoms with Crippen LogP contribution in [0.25, 0.3) is 0 Å². The molecule has 0 rings (SSSR count). The van der Waals surface area contributed by atoms with Gasteiger partial charge < -0.3 is 25.2 Å². The van der Waals surface area contributed by atoms with E-state index in [1.54, 1.807) is 11.8 Å². The summed E-state index contributed by atoms with van der Waals surface area (Å²) in [5.74, 6) is 1.39. The van der Waals surface area contributed by atoms with E-state index < -0.39 is 11.5 Å². The molecule has 0 saturated carbocycles. The molecule has 0 radical (unpaired) electrons. The normalized spacial score (nSPS) is 13.8. The molecule has 18 heavy (non-hydrogen) atoms. The summed E-state index contributed by atoms with van der Waals surface area (Å²) < 4.78 is 5.46. The minimum Gasteiger partial charge on any atom is -0.396 e. The summed E-state index contributed by atoms with van der Waals surface area (Å²) in [4.78, 5) is 0. The Morgan fingerprint density at radius 1 is 1.22 bits per heavy atom. The summed E-state index contributed by atoms with van der Waals surface area (Å²) in [7, 11) is 0. The third-order valence-electron chi connectivity index (χ3n) is 2.93. The van der Waals surface area contributed by atoms with Gasteiger partial charge in [0.15, 0.2) is 0 Å². The van der Waals surface area contributed by atoms with Crippen LogP contribution in [0.15, 0.2) is 0 Å². The average Bonchev–Trinajstić information content (AvgIpc) is 2.42. The minimum absolute atomic E-state index is 0.0720. The lowest BCUT2D eigenvalue weighted by Crippen LogP contribution is -2.34. The van der Waals surface area contributed by atoms with E-state index in [1.165, 1.54) is 0 Å². The number of rotatable bonds is 12. The van der Waals surface area contributed by atoms with E-state index in [0.29, 0.717) is 25.4 Å². The monoisotopic (exact) mass is 282 g/mol. The van der Waals surface area contributed by atoms with Crippen molar-refractivity contribution in [2.24, 2.45) is 5.41 Å². The molecule has 4 N–H and O–H groups in total. The quantitative estimate of drug-likeness (QED) is 0.373. The van der Waals surface area contributed by atoms with Gasteiger partial charge in [-0.2, -0.15) is 11.8 Å². The Balaban J connectivity index is 3.49. The average molecular weight is 282 g/mol. The number of aliphatic hydroxyl groups is 4. The summed E-state index contributed by atoms with van der Waals surface area (Å²) in [5.41, 5.74) is -0.528. The van der Waals surface area contributed by atoms with Crippen LogP contribution in [0, 0.1) is 5.41 Å². The molecule has 0 heterocycles. The predicted octanol–water partition coefficient (Wildman–Crippen LogP) is -0.140. The Bertz CT molecular complexity index is 179. The zero-order valence-corrected chi connectivity index (χ0v) is 11.9. The summed E-state index contributed by atoms with van der Waals surface area (Å²) in [5, 5.41) is 36.1. The van der Waals surface area contributed by atoms with Crippen LogP contribution in [-0.2, 0) is 4.74 Å². The van der Waals surface area contributed by atoms with Crippen molar-refractivity contribution >= 4 is 11.8 Å². The molecule has 0 fully saturated rings. The summed E-state index contributed by atoms with van der Waals surface area (Å²) in [6, 6.07) is 0. The topological polar surface area (TPSA) is 90.2 Å². The number of hydrogen-bond acceptors (Lipinski definition) is 6. The van der Waals surface area contributed by atoms with Gasteiger partial charge in [-0.05, 0) is 18.6 Å². The van der Waals surface area contributed by atoms with Gasteiger partial charge in [-0.3, -0.25) is 0 Å². The van der Waals surface area contributed by atoms with E-state index in [4.69, 9.17) is 14.9 Å². The molecule has 0 aromatic heterocycles. The highest BCUT2D eigenvalue weighted by Gasteiger charge is 2.26.